The second kappa shape index (κ2) is 11.4. The molecule has 0 saturated heterocycles. The summed E-state index contributed by atoms with van der Waals surface area (Å²) >= 11 is 0. The van der Waals surface area contributed by atoms with Crippen LogP contribution in [0.5, 0.6) is 0 Å². The number of carboxylic acids is 1. The predicted molar refractivity (Wildman–Crippen MR) is 152 cm³/mol. The van der Waals surface area contributed by atoms with Crippen molar-refractivity contribution in [3.8, 4) is 0 Å². The minimum absolute atomic E-state index is 0.00370. The molecule has 0 radical (unpaired) electrons. The molecule has 0 spiro atoms. The average molecular weight is 580 g/mol. The number of Topliss-reactive ketones (excluding diaryl/α,β-unsaturated/α-hetero) is 1. The van der Waals surface area contributed by atoms with Crippen LogP contribution in [0.2, 0.25) is 0 Å². The van der Waals surface area contributed by atoms with E-state index in [4.69, 9.17) is 4.74 Å². The van der Waals surface area contributed by atoms with Crippen molar-refractivity contribution < 1.29 is 38.9 Å². The minimum atomic E-state index is -1.59. The number of allylic oxidation sites excluding steroid dienone is 1. The van der Waals surface area contributed by atoms with Gasteiger partial charge in [0.25, 0.3) is 0 Å². The van der Waals surface area contributed by atoms with Gasteiger partial charge >= 0.3 is 11.9 Å². The Bertz CT molecular complexity index is 1310. The lowest BCUT2D eigenvalue weighted by atomic mass is 9.46. The third kappa shape index (κ3) is 5.21. The Morgan fingerprint density at radius 1 is 0.976 bits per heavy atom. The van der Waals surface area contributed by atoms with E-state index in [-0.39, 0.29) is 30.0 Å². The number of esters is 1. The van der Waals surface area contributed by atoms with Crippen molar-refractivity contribution in [2.45, 2.75) is 89.7 Å². The third-order valence-electron chi connectivity index (χ3n) is 11.2. The number of hydrogen-bond donors (Lipinski definition) is 3. The second-order valence-electron chi connectivity index (χ2n) is 13.2. The zero-order chi connectivity index (χ0) is 30.3. The highest BCUT2D eigenvalue weighted by Crippen LogP contribution is 2.67. The maximum atomic E-state index is 13.4. The van der Waals surface area contributed by atoms with E-state index in [1.165, 1.54) is 5.57 Å². The molecule has 0 unspecified atom stereocenters. The molecule has 1 aromatic rings. The first-order chi connectivity index (χ1) is 19.9. The molecule has 0 aromatic heterocycles. The molecule has 5 rings (SSSR count). The number of carbonyl (C=O) groups is 5. The molecular formula is C33H41NO8. The first-order valence-corrected chi connectivity index (χ1v) is 15.1. The van der Waals surface area contributed by atoms with E-state index in [0.717, 1.165) is 32.1 Å². The molecule has 42 heavy (non-hydrogen) atoms. The monoisotopic (exact) mass is 579 g/mol. The molecule has 9 nitrogen and oxygen atoms in total. The molecule has 9 heteroatoms. The number of ether oxygens (including phenoxy) is 1. The third-order valence-corrected chi connectivity index (χ3v) is 11.2. The van der Waals surface area contributed by atoms with Crippen LogP contribution in [0.15, 0.2) is 42.0 Å². The van der Waals surface area contributed by atoms with E-state index >= 15 is 0 Å². The van der Waals surface area contributed by atoms with Crippen molar-refractivity contribution in [2.75, 3.05) is 6.61 Å². The van der Waals surface area contributed by atoms with Gasteiger partial charge in [0.1, 0.15) is 5.60 Å². The minimum Gasteiger partial charge on any atom is -0.479 e. The molecule has 7 atom stereocenters. The van der Waals surface area contributed by atoms with E-state index in [2.05, 4.69) is 12.2 Å². The molecule has 4 aliphatic rings. The van der Waals surface area contributed by atoms with Gasteiger partial charge in [-0.15, -0.1) is 0 Å². The van der Waals surface area contributed by atoms with Crippen molar-refractivity contribution >= 4 is 29.4 Å². The number of carboxylic acid groups (broad SMARTS) is 1. The largest absolute Gasteiger partial charge is 0.479 e. The van der Waals surface area contributed by atoms with Crippen LogP contribution in [0.3, 0.4) is 0 Å². The van der Waals surface area contributed by atoms with Crippen LogP contribution >= 0.6 is 0 Å². The Hall–Kier alpha value is -3.33. The van der Waals surface area contributed by atoms with Crippen LogP contribution in [0.25, 0.3) is 0 Å². The average Bonchev–Trinajstić information content (AvgIpc) is 3.25. The zero-order valence-electron chi connectivity index (χ0n) is 24.4. The molecule has 1 amide bonds. The smallest absolute Gasteiger partial charge is 0.330 e. The Morgan fingerprint density at radius 3 is 2.40 bits per heavy atom. The summed E-state index contributed by atoms with van der Waals surface area (Å²) in [5.41, 5.74) is -0.541. The van der Waals surface area contributed by atoms with Gasteiger partial charge in [-0.1, -0.05) is 49.8 Å². The van der Waals surface area contributed by atoms with Crippen LogP contribution in [-0.2, 0) is 28.7 Å². The number of aliphatic hydroxyl groups is 1. The van der Waals surface area contributed by atoms with Crippen molar-refractivity contribution in [1.82, 2.24) is 5.32 Å². The van der Waals surface area contributed by atoms with E-state index in [9.17, 15) is 34.2 Å². The summed E-state index contributed by atoms with van der Waals surface area (Å²) in [7, 11) is 0. The number of amides is 1. The number of fused-ring (bicyclic) bond motifs is 5. The summed E-state index contributed by atoms with van der Waals surface area (Å²) in [6, 6.07) is 7.00. The lowest BCUT2D eigenvalue weighted by Gasteiger charge is -2.58. The molecule has 3 fully saturated rings. The fourth-order valence-corrected chi connectivity index (χ4v) is 8.75. The molecule has 3 saturated carbocycles. The van der Waals surface area contributed by atoms with Gasteiger partial charge < -0.3 is 20.3 Å². The molecule has 3 N–H and O–H groups in total. The Labute approximate surface area is 246 Å². The number of carbonyl (C=O) groups excluding carboxylic acids is 4. The summed E-state index contributed by atoms with van der Waals surface area (Å²) in [5.74, 6) is -1.94. The quantitative estimate of drug-likeness (QED) is 0.371. The fourth-order valence-electron chi connectivity index (χ4n) is 8.75. The summed E-state index contributed by atoms with van der Waals surface area (Å²) in [5, 5.41) is 23.7. The molecule has 0 bridgehead atoms. The first kappa shape index (κ1) is 30.1. The Morgan fingerprint density at radius 2 is 1.69 bits per heavy atom. The normalized spacial score (nSPS) is 34.2. The van der Waals surface area contributed by atoms with Gasteiger partial charge in [-0.2, -0.15) is 0 Å². The van der Waals surface area contributed by atoms with Crippen molar-refractivity contribution in [1.29, 1.82) is 0 Å². The summed E-state index contributed by atoms with van der Waals surface area (Å²) in [6.07, 6.45) is 7.15. The van der Waals surface area contributed by atoms with Gasteiger partial charge in [0.2, 0.25) is 11.7 Å². The Kier molecular flexibility index (Phi) is 8.18. The van der Waals surface area contributed by atoms with Gasteiger partial charge in [-0.25, -0.2) is 4.79 Å². The first-order valence-electron chi connectivity index (χ1n) is 15.1. The Balaban J connectivity index is 1.16. The summed E-state index contributed by atoms with van der Waals surface area (Å²) in [4.78, 5) is 61.9. The fraction of sp³-hybridized carbons (Fsp3) is 0.606. The van der Waals surface area contributed by atoms with Gasteiger partial charge in [-0.3, -0.25) is 19.2 Å². The maximum Gasteiger partial charge on any atom is 0.330 e. The van der Waals surface area contributed by atoms with Crippen molar-refractivity contribution in [2.24, 2.45) is 28.6 Å². The molecule has 0 aliphatic heterocycles. The van der Waals surface area contributed by atoms with Crippen LogP contribution in [-0.4, -0.2) is 51.8 Å². The lowest BCUT2D eigenvalue weighted by Crippen LogP contribution is -2.58. The van der Waals surface area contributed by atoms with E-state index in [1.54, 1.807) is 30.3 Å². The molecule has 4 aliphatic carbocycles. The van der Waals surface area contributed by atoms with Crippen molar-refractivity contribution in [3.05, 3.63) is 47.5 Å². The van der Waals surface area contributed by atoms with Gasteiger partial charge in [0, 0.05) is 18.3 Å². The van der Waals surface area contributed by atoms with Crippen LogP contribution in [0.4, 0.5) is 0 Å². The summed E-state index contributed by atoms with van der Waals surface area (Å²) < 4.78 is 5.21. The highest BCUT2D eigenvalue weighted by atomic mass is 16.5. The van der Waals surface area contributed by atoms with Crippen LogP contribution in [0.1, 0.15) is 89.7 Å². The molecule has 1 aromatic carbocycles. The van der Waals surface area contributed by atoms with Crippen molar-refractivity contribution in [3.63, 3.8) is 0 Å². The number of benzene rings is 1. The molecular weight excluding hydrogens is 538 g/mol. The summed E-state index contributed by atoms with van der Waals surface area (Å²) in [6.45, 7) is 3.73. The number of rotatable bonds is 9. The molecule has 0 heterocycles. The van der Waals surface area contributed by atoms with Gasteiger partial charge in [0.15, 0.2) is 18.4 Å². The van der Waals surface area contributed by atoms with Crippen LogP contribution in [0, 0.1) is 28.6 Å². The number of hydrogen-bond acceptors (Lipinski definition) is 7. The number of ketones is 2. The highest BCUT2D eigenvalue weighted by molar-refractivity contribution is 5.92. The van der Waals surface area contributed by atoms with Crippen LogP contribution < -0.4 is 5.32 Å². The topological polar surface area (TPSA) is 147 Å². The van der Waals surface area contributed by atoms with Gasteiger partial charge in [-0.05, 0) is 79.8 Å². The predicted octanol–water partition coefficient (Wildman–Crippen LogP) is 4.08. The highest BCUT2D eigenvalue weighted by Gasteiger charge is 2.66. The SMILES string of the molecule is C[C@]12CCC(=O)C=C1CC[C@H]1[C@H]2CC[C@@]2(C)[C@@H]1CC[C@]2(O)C(=O)COC(=O)CCC(=O)N[C@@H](C(=O)O)c1ccccc1. The number of aliphatic carboxylic acids is 1. The van der Waals surface area contributed by atoms with E-state index in [0.29, 0.717) is 36.7 Å². The molecule has 226 valence electrons. The van der Waals surface area contributed by atoms with E-state index in [1.807, 2.05) is 13.0 Å². The van der Waals surface area contributed by atoms with E-state index < -0.39 is 47.3 Å². The zero-order valence-corrected chi connectivity index (χ0v) is 24.4. The second-order valence-corrected chi connectivity index (χ2v) is 13.2. The van der Waals surface area contributed by atoms with Gasteiger partial charge in [0.05, 0.1) is 6.42 Å². The number of nitrogens with one attached hydrogen (secondary N) is 1. The lowest BCUT2D eigenvalue weighted by molar-refractivity contribution is -0.170. The maximum absolute atomic E-state index is 13.4. The standard InChI is InChI=1S/C33H41NO8/c1-31-15-12-22(35)18-21(31)8-9-23-24(31)13-16-32(2)25(23)14-17-33(32,41)26(36)19-42-28(38)11-10-27(37)34-29(30(39)40)20-6-4-3-5-7-20/h3-7,18,23-25,29,41H,8-17,19H2,1-2H3,(H,34,37)(H,39,40)/t23-,24+,25+,29+,31-,32-,33-/m0/s1.